The Balaban J connectivity index is 0. The third-order valence-corrected chi connectivity index (χ3v) is 4.75. The Labute approximate surface area is 212 Å². The second kappa shape index (κ2) is 20.3. The molecule has 0 rings (SSSR count). The molecule has 0 radical (unpaired) electrons. The van der Waals surface area contributed by atoms with Crippen LogP contribution in [0.1, 0.15) is 90.4 Å². The molecule has 1 amide bonds. The molecule has 4 N–H and O–H groups in total. The van der Waals surface area contributed by atoms with Gasteiger partial charge in [0.05, 0.1) is 17.9 Å². The number of carbonyl (C=O) groups is 3. The summed E-state index contributed by atoms with van der Waals surface area (Å²) in [5.74, 6) is -3.70. The maximum Gasteiger partial charge on any atom is 1.00 e. The first-order chi connectivity index (χ1) is 12.9. The Morgan fingerprint density at radius 3 is 1.96 bits per heavy atom. The number of aliphatic carboxylic acids is 2. The van der Waals surface area contributed by atoms with Crippen LogP contribution in [0.5, 0.6) is 0 Å². The number of rotatable bonds is 18. The van der Waals surface area contributed by atoms with Crippen molar-refractivity contribution < 1.29 is 76.0 Å². The van der Waals surface area contributed by atoms with E-state index >= 15 is 0 Å². The summed E-state index contributed by atoms with van der Waals surface area (Å²) in [5, 5.41) is 22.8. The second-order valence-corrected chi connectivity index (χ2v) is 7.23. The number of amides is 1. The zero-order valence-electron chi connectivity index (χ0n) is 17.7. The largest absolute Gasteiger partial charge is 1.00 e. The molecule has 0 aromatic carbocycles. The number of hydrogen-bond acceptors (Lipinski definition) is 5. The van der Waals surface area contributed by atoms with Gasteiger partial charge in [-0.15, -0.1) is 0 Å². The summed E-state index contributed by atoms with van der Waals surface area (Å²) in [4.78, 5) is 34.5. The summed E-state index contributed by atoms with van der Waals surface area (Å²) in [6.45, 7) is 2.63. The molecule has 0 aliphatic rings. The molecule has 0 saturated carbocycles. The molecule has 0 aromatic rings. The van der Waals surface area contributed by atoms with E-state index in [1.165, 1.54) is 25.7 Å². The molecule has 8 heteroatoms. The normalized spacial score (nSPS) is 12.6. The summed E-state index contributed by atoms with van der Waals surface area (Å²) in [6, 6.07) is -1.10. The van der Waals surface area contributed by atoms with Crippen LogP contribution in [0.3, 0.4) is 0 Å². The molecule has 28 heavy (non-hydrogen) atoms. The summed E-state index contributed by atoms with van der Waals surface area (Å²) in [5.41, 5.74) is 5.37. The number of nitrogens with two attached hydrogens (primary N) is 1. The van der Waals surface area contributed by atoms with Crippen molar-refractivity contribution in [2.24, 2.45) is 11.7 Å². The third-order valence-electron chi connectivity index (χ3n) is 4.75. The fraction of sp³-hybridized carbons (Fsp3) is 0.850. The molecule has 0 heterocycles. The maximum atomic E-state index is 12.1. The summed E-state index contributed by atoms with van der Waals surface area (Å²) < 4.78 is 0. The average molecular weight is 425 g/mol. The minimum absolute atomic E-state index is 0. The van der Waals surface area contributed by atoms with Crippen molar-refractivity contribution in [2.45, 2.75) is 96.4 Å². The van der Waals surface area contributed by atoms with Gasteiger partial charge in [0, 0.05) is 6.42 Å². The van der Waals surface area contributed by atoms with Crippen LogP contribution in [-0.2, 0) is 14.4 Å². The Kier molecular flexibility index (Phi) is 21.9. The first-order valence-corrected chi connectivity index (χ1v) is 10.3. The fourth-order valence-corrected chi connectivity index (χ4v) is 3.06. The molecular formula is C20H37KN2O5. The van der Waals surface area contributed by atoms with Gasteiger partial charge in [0.1, 0.15) is 0 Å². The van der Waals surface area contributed by atoms with Gasteiger partial charge in [-0.1, -0.05) is 58.3 Å². The van der Waals surface area contributed by atoms with E-state index in [9.17, 15) is 24.6 Å². The SMILES string of the molecule is CCCCCCCCCCC(CC(=O)N[C@@H](CCCCN)C(=O)[O-])C(=O)O.[K+]. The summed E-state index contributed by atoms with van der Waals surface area (Å²) in [6.07, 6.45) is 10.6. The molecule has 0 aromatic heterocycles. The van der Waals surface area contributed by atoms with Crippen LogP contribution in [0, 0.1) is 5.92 Å². The van der Waals surface area contributed by atoms with Crippen molar-refractivity contribution in [2.75, 3.05) is 6.54 Å². The third kappa shape index (κ3) is 16.9. The standard InChI is InChI=1S/C20H38N2O5.K/c1-2-3-4-5-6-7-8-9-12-16(19(24)25)15-18(23)22-17(20(26)27)13-10-11-14-21;/h16-17H,2-15,21H2,1H3,(H,22,23)(H,24,25)(H,26,27);/q;+1/p-1/t16?,17-;/m0./s1. The Morgan fingerprint density at radius 1 is 0.929 bits per heavy atom. The molecule has 1 unspecified atom stereocenters. The van der Waals surface area contributed by atoms with E-state index in [2.05, 4.69) is 12.2 Å². The topological polar surface area (TPSA) is 133 Å². The van der Waals surface area contributed by atoms with Crippen LogP contribution in [0.15, 0.2) is 0 Å². The Morgan fingerprint density at radius 2 is 1.46 bits per heavy atom. The Hall–Kier alpha value is 0.00636. The van der Waals surface area contributed by atoms with Crippen LogP contribution in [0.4, 0.5) is 0 Å². The molecule has 0 spiro atoms. The van der Waals surface area contributed by atoms with E-state index in [1.807, 2.05) is 0 Å². The minimum atomic E-state index is -1.35. The number of carboxylic acid groups (broad SMARTS) is 2. The Bertz CT molecular complexity index is 435. The van der Waals surface area contributed by atoms with Crippen molar-refractivity contribution in [3.8, 4) is 0 Å². The van der Waals surface area contributed by atoms with Crippen molar-refractivity contribution in [3.05, 3.63) is 0 Å². The zero-order valence-corrected chi connectivity index (χ0v) is 20.8. The second-order valence-electron chi connectivity index (χ2n) is 7.23. The molecule has 0 aliphatic carbocycles. The zero-order chi connectivity index (χ0) is 20.5. The van der Waals surface area contributed by atoms with Crippen molar-refractivity contribution in [1.29, 1.82) is 0 Å². The quantitative estimate of drug-likeness (QED) is 0.190. The molecule has 0 fully saturated rings. The van der Waals surface area contributed by atoms with Gasteiger partial charge < -0.3 is 26.1 Å². The predicted molar refractivity (Wildman–Crippen MR) is 103 cm³/mol. The number of nitrogens with one attached hydrogen (secondary N) is 1. The fourth-order valence-electron chi connectivity index (χ4n) is 3.06. The number of hydrogen-bond donors (Lipinski definition) is 3. The van der Waals surface area contributed by atoms with Crippen molar-refractivity contribution >= 4 is 17.8 Å². The van der Waals surface area contributed by atoms with E-state index in [1.54, 1.807) is 0 Å². The monoisotopic (exact) mass is 424 g/mol. The molecule has 2 atom stereocenters. The maximum absolute atomic E-state index is 12.1. The van der Waals surface area contributed by atoms with E-state index in [0.717, 1.165) is 25.7 Å². The van der Waals surface area contributed by atoms with Crippen molar-refractivity contribution in [1.82, 2.24) is 5.32 Å². The van der Waals surface area contributed by atoms with Gasteiger partial charge in [-0.05, 0) is 32.2 Å². The first kappa shape index (κ1) is 30.2. The van der Waals surface area contributed by atoms with Crippen LogP contribution in [0.25, 0.3) is 0 Å². The molecule has 0 saturated heterocycles. The number of carboxylic acids is 2. The summed E-state index contributed by atoms with van der Waals surface area (Å²) >= 11 is 0. The molecule has 0 bridgehead atoms. The predicted octanol–water partition coefficient (Wildman–Crippen LogP) is -1.02. The molecule has 0 aliphatic heterocycles. The van der Waals surface area contributed by atoms with Gasteiger partial charge in [-0.3, -0.25) is 9.59 Å². The minimum Gasteiger partial charge on any atom is -0.548 e. The van der Waals surface area contributed by atoms with E-state index < -0.39 is 29.8 Å². The van der Waals surface area contributed by atoms with Gasteiger partial charge in [-0.2, -0.15) is 0 Å². The van der Waals surface area contributed by atoms with Gasteiger partial charge in [0.15, 0.2) is 0 Å². The van der Waals surface area contributed by atoms with E-state index in [0.29, 0.717) is 25.8 Å². The molecular weight excluding hydrogens is 387 g/mol. The van der Waals surface area contributed by atoms with Crippen LogP contribution >= 0.6 is 0 Å². The van der Waals surface area contributed by atoms with Crippen LogP contribution in [0.2, 0.25) is 0 Å². The number of unbranched alkanes of at least 4 members (excludes halogenated alkanes) is 8. The smallest absolute Gasteiger partial charge is 0.548 e. The van der Waals surface area contributed by atoms with Gasteiger partial charge >= 0.3 is 57.4 Å². The van der Waals surface area contributed by atoms with E-state index in [4.69, 9.17) is 5.73 Å². The van der Waals surface area contributed by atoms with Crippen LogP contribution in [-0.4, -0.2) is 35.5 Å². The van der Waals surface area contributed by atoms with Crippen LogP contribution < -0.4 is 67.5 Å². The van der Waals surface area contributed by atoms with Gasteiger partial charge in [-0.25, -0.2) is 0 Å². The molecule has 158 valence electrons. The van der Waals surface area contributed by atoms with E-state index in [-0.39, 0.29) is 64.2 Å². The average Bonchev–Trinajstić information content (AvgIpc) is 2.61. The van der Waals surface area contributed by atoms with Crippen molar-refractivity contribution in [3.63, 3.8) is 0 Å². The van der Waals surface area contributed by atoms with Gasteiger partial charge in [0.2, 0.25) is 5.91 Å². The first-order valence-electron chi connectivity index (χ1n) is 10.3. The summed E-state index contributed by atoms with van der Waals surface area (Å²) in [7, 11) is 0. The number of carbonyl (C=O) groups excluding carboxylic acids is 2. The molecule has 7 nitrogen and oxygen atoms in total. The van der Waals surface area contributed by atoms with Gasteiger partial charge in [0.25, 0.3) is 0 Å².